The second-order valence-electron chi connectivity index (χ2n) is 0. The van der Waals surface area contributed by atoms with Crippen molar-refractivity contribution in [2.24, 2.45) is 0 Å². The molecule has 0 amide bonds. The summed E-state index contributed by atoms with van der Waals surface area (Å²) in [4.78, 5) is 0. The van der Waals surface area contributed by atoms with Crippen molar-refractivity contribution < 1.29 is 75.3 Å². The van der Waals surface area contributed by atoms with E-state index in [4.69, 9.17) is 0 Å². The molecule has 0 bridgehead atoms. The molecule has 11 valence electrons. The van der Waals surface area contributed by atoms with Crippen LogP contribution in [0.5, 0.6) is 0 Å². The Morgan fingerprint density at radius 2 is 1.25 bits per heavy atom. The molecule has 0 unspecified atom stereocenters. The zero-order valence-corrected chi connectivity index (χ0v) is 10.2. The summed E-state index contributed by atoms with van der Waals surface area (Å²) in [5, 5.41) is 0. The molecule has 0 aromatic carbocycles. The Balaban J connectivity index is 0. The molecular weight excluding hydrogens is 186 g/mol. The third-order valence-corrected chi connectivity index (χ3v) is 0. The second kappa shape index (κ2) is 16.5. The third-order valence-electron chi connectivity index (χ3n) is 0. The van der Waals surface area contributed by atoms with E-state index in [1.165, 1.54) is 0 Å². The Labute approximate surface area is 96.7 Å². The zero-order chi connectivity index (χ0) is 0. The monoisotopic (exact) mass is 187 g/mol. The van der Waals surface area contributed by atoms with Crippen LogP contribution in [-0.2, 0) is 52.2 Å². The number of hydrogen-bond acceptors (Lipinski definition) is 0. The minimum Gasteiger partial charge on any atom is -1.00 e. The molecule has 4 heavy (non-hydrogen) atoms. The summed E-state index contributed by atoms with van der Waals surface area (Å²) in [5.74, 6) is 0. The molecule has 0 rings (SSSR count). The topological polar surface area (TPSA) is 0 Å². The van der Waals surface area contributed by atoms with Crippen molar-refractivity contribution in [3.63, 3.8) is 0 Å². The summed E-state index contributed by atoms with van der Waals surface area (Å²) in [6.07, 6.45) is 0. The van der Waals surface area contributed by atoms with Gasteiger partial charge in [-0.15, -0.1) is 0 Å². The third kappa shape index (κ3) is 8.92. The quantitative estimate of drug-likeness (QED) is 0.355. The maximum atomic E-state index is 0. The molecule has 0 atom stereocenters. The second-order valence-corrected chi connectivity index (χ2v) is 0. The molecule has 4 heteroatoms. The van der Waals surface area contributed by atoms with Gasteiger partial charge >= 0.3 is 41.9 Å². The van der Waals surface area contributed by atoms with Gasteiger partial charge in [-0.05, 0) is 0 Å². The predicted molar refractivity (Wildman–Crippen MR) is 9.09 cm³/mol. The summed E-state index contributed by atoms with van der Waals surface area (Å²) in [6.45, 7) is 0. The maximum Gasteiger partial charge on any atom is 2.00 e. The Kier molecular flexibility index (Phi) is 114. The summed E-state index contributed by atoms with van der Waals surface area (Å²) in [6, 6.07) is 0. The number of hydrogen-bond donors (Lipinski definition) is 0. The van der Waals surface area contributed by atoms with Gasteiger partial charge in [-0.3, -0.25) is 0 Å². The molecule has 0 aromatic heterocycles. The van der Waals surface area contributed by atoms with Crippen LogP contribution in [-0.4, -0.2) is 23.1 Å². The first-order valence-electron chi connectivity index (χ1n) is 0. The smallest absolute Gasteiger partial charge is 1.00 e. The van der Waals surface area contributed by atoms with Crippen molar-refractivity contribution >= 4 is 23.1 Å². The first-order valence-corrected chi connectivity index (χ1v) is 0. The fourth-order valence-electron chi connectivity index (χ4n) is 0. The molecule has 0 heterocycles. The minimum atomic E-state index is 0. The molecule has 0 aliphatic heterocycles. The van der Waals surface area contributed by atoms with Crippen LogP contribution in [0.4, 0.5) is 0 Å². The largest absolute Gasteiger partial charge is 2.00 e. The summed E-state index contributed by atoms with van der Waals surface area (Å²) in [7, 11) is 0. The molecule has 0 aliphatic carbocycles. The Morgan fingerprint density at radius 3 is 1.25 bits per heavy atom. The molecule has 0 saturated carbocycles. The number of rotatable bonds is 0. The van der Waals surface area contributed by atoms with E-state index in [-0.39, 0.29) is 98.4 Å². The van der Waals surface area contributed by atoms with E-state index >= 15 is 0 Å². The van der Waals surface area contributed by atoms with Crippen molar-refractivity contribution in [1.29, 1.82) is 0 Å². The van der Waals surface area contributed by atoms with Gasteiger partial charge in [0.05, 0.1) is 0 Å². The first kappa shape index (κ1) is 27.5. The fourth-order valence-corrected chi connectivity index (χ4v) is 0. The molecule has 0 nitrogen and oxygen atoms in total. The van der Waals surface area contributed by atoms with E-state index in [1.807, 2.05) is 0 Å². The Bertz CT molecular complexity index is 14.9. The molecule has 0 saturated heterocycles. The summed E-state index contributed by atoms with van der Waals surface area (Å²) in [5.41, 5.74) is 0. The van der Waals surface area contributed by atoms with Gasteiger partial charge in [-0.1, -0.05) is 0 Å². The maximum absolute atomic E-state index is 0. The van der Waals surface area contributed by atoms with Crippen LogP contribution >= 0.6 is 0 Å². The average Bonchev–Trinajstić information content (AvgIpc) is 0. The molecule has 0 aliphatic rings. The van der Waals surface area contributed by atoms with Crippen LogP contribution in [0.2, 0.25) is 0 Å². The van der Waals surface area contributed by atoms with Crippen LogP contribution in [0.1, 0.15) is 4.28 Å². The molecule has 0 fully saturated rings. The van der Waals surface area contributed by atoms with Crippen molar-refractivity contribution in [2.75, 3.05) is 0 Å². The van der Waals surface area contributed by atoms with Crippen LogP contribution in [0.15, 0.2) is 0 Å². The summed E-state index contributed by atoms with van der Waals surface area (Å²) < 4.78 is 0. The standard InChI is InChI=1S/Li.Mg.Y.Zn.3H/q+1;+2;;;3*-1. The predicted octanol–water partition coefficient (Wildman–Crippen LogP) is -3.04. The minimum absolute atomic E-state index is 0. The van der Waals surface area contributed by atoms with Crippen molar-refractivity contribution in [3.8, 4) is 0 Å². The van der Waals surface area contributed by atoms with Crippen molar-refractivity contribution in [3.05, 3.63) is 0 Å². The van der Waals surface area contributed by atoms with E-state index in [0.29, 0.717) is 0 Å². The Morgan fingerprint density at radius 1 is 1.25 bits per heavy atom. The van der Waals surface area contributed by atoms with Crippen LogP contribution in [0.25, 0.3) is 0 Å². The molecule has 1 radical (unpaired) electrons. The van der Waals surface area contributed by atoms with Gasteiger partial charge in [-0.25, -0.2) is 0 Å². The van der Waals surface area contributed by atoms with Crippen LogP contribution in [0.3, 0.4) is 0 Å². The van der Waals surface area contributed by atoms with E-state index < -0.39 is 0 Å². The SMILES string of the molecule is [H-].[H-].[H-].[Li+].[Mg+2].[Y].[Zn]. The normalized spacial score (nSPS) is 0. The summed E-state index contributed by atoms with van der Waals surface area (Å²) >= 11 is 0. The van der Waals surface area contributed by atoms with Gasteiger partial charge in [-0.2, -0.15) is 0 Å². The average molecular weight is 189 g/mol. The zero-order valence-electron chi connectivity index (χ0n) is 5.99. The van der Waals surface area contributed by atoms with Gasteiger partial charge in [0.25, 0.3) is 0 Å². The van der Waals surface area contributed by atoms with E-state index in [9.17, 15) is 0 Å². The van der Waals surface area contributed by atoms with Gasteiger partial charge < -0.3 is 4.28 Å². The van der Waals surface area contributed by atoms with E-state index in [2.05, 4.69) is 0 Å². The fraction of sp³-hybridized carbons (Fsp3) is 0. The molecule has 0 spiro atoms. The van der Waals surface area contributed by atoms with Gasteiger partial charge in [0.15, 0.2) is 0 Å². The van der Waals surface area contributed by atoms with Crippen LogP contribution in [0, 0.1) is 0 Å². The van der Waals surface area contributed by atoms with Gasteiger partial charge in [0, 0.05) is 52.2 Å². The Hall–Kier alpha value is 3.09. The molecule has 0 N–H and O–H groups in total. The molecule has 0 aromatic rings. The van der Waals surface area contributed by atoms with Crippen molar-refractivity contribution in [2.45, 2.75) is 0 Å². The van der Waals surface area contributed by atoms with Gasteiger partial charge in [0.2, 0.25) is 0 Å². The first-order chi connectivity index (χ1) is 0. The van der Waals surface area contributed by atoms with Crippen molar-refractivity contribution in [1.82, 2.24) is 0 Å². The molecular formula is H3LiMgYZn. The van der Waals surface area contributed by atoms with E-state index in [1.54, 1.807) is 0 Å². The van der Waals surface area contributed by atoms with E-state index in [0.717, 1.165) is 0 Å². The van der Waals surface area contributed by atoms with Gasteiger partial charge in [0.1, 0.15) is 0 Å². The van der Waals surface area contributed by atoms with Crippen LogP contribution < -0.4 is 18.9 Å².